The zero-order valence-electron chi connectivity index (χ0n) is 9.23. The minimum Gasteiger partial charge on any atom is -0.384 e. The standard InChI is InChI=1S/C10H15N5/c1-4-15-7(2)5-8(13-15)9-6-10(11)14(3)12-9/h5-6H,4,11H2,1-3H3. The lowest BCUT2D eigenvalue weighted by atomic mass is 10.3. The molecule has 0 atom stereocenters. The van der Waals surface area contributed by atoms with Gasteiger partial charge in [0.15, 0.2) is 0 Å². The second-order valence-electron chi connectivity index (χ2n) is 3.56. The Bertz CT molecular complexity index is 460. The van der Waals surface area contributed by atoms with Crippen molar-refractivity contribution in [2.75, 3.05) is 5.73 Å². The Morgan fingerprint density at radius 3 is 2.40 bits per heavy atom. The van der Waals surface area contributed by atoms with Crippen molar-refractivity contribution in [1.29, 1.82) is 0 Å². The van der Waals surface area contributed by atoms with Crippen molar-refractivity contribution < 1.29 is 0 Å². The molecule has 0 aliphatic rings. The van der Waals surface area contributed by atoms with E-state index in [0.29, 0.717) is 5.82 Å². The summed E-state index contributed by atoms with van der Waals surface area (Å²) < 4.78 is 3.59. The van der Waals surface area contributed by atoms with Gasteiger partial charge in [-0.1, -0.05) is 0 Å². The molecule has 5 nitrogen and oxygen atoms in total. The normalized spacial score (nSPS) is 10.9. The zero-order chi connectivity index (χ0) is 11.0. The predicted octanol–water partition coefficient (Wildman–Crippen LogP) is 1.19. The summed E-state index contributed by atoms with van der Waals surface area (Å²) in [6, 6.07) is 3.85. The quantitative estimate of drug-likeness (QED) is 0.801. The molecular weight excluding hydrogens is 190 g/mol. The number of aryl methyl sites for hydroxylation is 3. The molecule has 2 rings (SSSR count). The fourth-order valence-corrected chi connectivity index (χ4v) is 1.56. The minimum absolute atomic E-state index is 0.647. The lowest BCUT2D eigenvalue weighted by Crippen LogP contribution is -1.98. The summed E-state index contributed by atoms with van der Waals surface area (Å²) in [5, 5.41) is 8.72. The molecule has 15 heavy (non-hydrogen) atoms. The lowest BCUT2D eigenvalue weighted by molar-refractivity contribution is 0.641. The Hall–Kier alpha value is -1.78. The van der Waals surface area contributed by atoms with Crippen molar-refractivity contribution in [1.82, 2.24) is 19.6 Å². The summed E-state index contributed by atoms with van der Waals surface area (Å²) in [4.78, 5) is 0. The number of nitrogens with two attached hydrogens (primary N) is 1. The maximum atomic E-state index is 5.72. The molecule has 0 bridgehead atoms. The fraction of sp³-hybridized carbons (Fsp3) is 0.400. The van der Waals surface area contributed by atoms with Gasteiger partial charge in [0.1, 0.15) is 17.2 Å². The molecule has 2 aromatic heterocycles. The summed E-state index contributed by atoms with van der Waals surface area (Å²) >= 11 is 0. The number of hydrogen-bond donors (Lipinski definition) is 1. The van der Waals surface area contributed by atoms with Crippen LogP contribution in [0.4, 0.5) is 5.82 Å². The van der Waals surface area contributed by atoms with Crippen LogP contribution >= 0.6 is 0 Å². The average Bonchev–Trinajstić information content (AvgIpc) is 2.71. The molecule has 80 valence electrons. The Morgan fingerprint density at radius 2 is 1.93 bits per heavy atom. The molecular formula is C10H15N5. The van der Waals surface area contributed by atoms with E-state index in [1.54, 1.807) is 4.68 Å². The fourth-order valence-electron chi connectivity index (χ4n) is 1.56. The molecule has 0 radical (unpaired) electrons. The SMILES string of the molecule is CCn1nc(-c2cc(N)n(C)n2)cc1C. The molecule has 0 aromatic carbocycles. The van der Waals surface area contributed by atoms with Crippen LogP contribution in [0.25, 0.3) is 11.4 Å². The number of nitrogen functional groups attached to an aromatic ring is 1. The molecule has 0 amide bonds. The molecule has 0 aliphatic heterocycles. The van der Waals surface area contributed by atoms with Crippen molar-refractivity contribution in [3.63, 3.8) is 0 Å². The van der Waals surface area contributed by atoms with Gasteiger partial charge in [-0.3, -0.25) is 9.36 Å². The molecule has 0 unspecified atom stereocenters. The highest BCUT2D eigenvalue weighted by atomic mass is 15.3. The van der Waals surface area contributed by atoms with Gasteiger partial charge in [-0.25, -0.2) is 0 Å². The molecule has 0 saturated carbocycles. The number of nitrogens with zero attached hydrogens (tertiary/aromatic N) is 4. The van der Waals surface area contributed by atoms with Crippen LogP contribution in [0.1, 0.15) is 12.6 Å². The molecule has 0 saturated heterocycles. The largest absolute Gasteiger partial charge is 0.384 e. The first kappa shape index (κ1) is 9.76. The second-order valence-corrected chi connectivity index (χ2v) is 3.56. The molecule has 5 heteroatoms. The summed E-state index contributed by atoms with van der Waals surface area (Å²) in [5.41, 5.74) is 8.56. The van der Waals surface area contributed by atoms with Gasteiger partial charge in [-0.15, -0.1) is 0 Å². The van der Waals surface area contributed by atoms with Crippen LogP contribution in [0.2, 0.25) is 0 Å². The van der Waals surface area contributed by atoms with E-state index in [0.717, 1.165) is 23.6 Å². The number of anilines is 1. The molecule has 0 fully saturated rings. The van der Waals surface area contributed by atoms with E-state index in [1.165, 1.54) is 0 Å². The van der Waals surface area contributed by atoms with E-state index in [-0.39, 0.29) is 0 Å². The van der Waals surface area contributed by atoms with Gasteiger partial charge in [0, 0.05) is 25.4 Å². The van der Waals surface area contributed by atoms with Crippen LogP contribution in [0.15, 0.2) is 12.1 Å². The summed E-state index contributed by atoms with van der Waals surface area (Å²) in [7, 11) is 1.82. The smallest absolute Gasteiger partial charge is 0.122 e. The predicted molar refractivity (Wildman–Crippen MR) is 59.3 cm³/mol. The Kier molecular flexibility index (Phi) is 2.22. The van der Waals surface area contributed by atoms with Gasteiger partial charge in [0.2, 0.25) is 0 Å². The summed E-state index contributed by atoms with van der Waals surface area (Å²) in [5.74, 6) is 0.647. The van der Waals surface area contributed by atoms with Gasteiger partial charge in [0.05, 0.1) is 0 Å². The van der Waals surface area contributed by atoms with Gasteiger partial charge < -0.3 is 5.73 Å². The first-order chi connectivity index (χ1) is 7.11. The van der Waals surface area contributed by atoms with Crippen LogP contribution in [-0.4, -0.2) is 19.6 Å². The monoisotopic (exact) mass is 205 g/mol. The second kappa shape index (κ2) is 3.42. The van der Waals surface area contributed by atoms with Crippen LogP contribution in [0.5, 0.6) is 0 Å². The lowest BCUT2D eigenvalue weighted by Gasteiger charge is -1.95. The topological polar surface area (TPSA) is 61.7 Å². The molecule has 0 aliphatic carbocycles. The van der Waals surface area contributed by atoms with Gasteiger partial charge in [0.25, 0.3) is 0 Å². The van der Waals surface area contributed by atoms with Crippen LogP contribution in [0, 0.1) is 6.92 Å². The third-order valence-corrected chi connectivity index (χ3v) is 2.46. The van der Waals surface area contributed by atoms with Crippen LogP contribution in [0.3, 0.4) is 0 Å². The van der Waals surface area contributed by atoms with Crippen LogP contribution < -0.4 is 5.73 Å². The maximum Gasteiger partial charge on any atom is 0.122 e. The van der Waals surface area contributed by atoms with Crippen molar-refractivity contribution in [2.24, 2.45) is 7.05 Å². The Morgan fingerprint density at radius 1 is 1.27 bits per heavy atom. The van der Waals surface area contributed by atoms with E-state index in [2.05, 4.69) is 17.1 Å². The first-order valence-corrected chi connectivity index (χ1v) is 4.96. The highest BCUT2D eigenvalue weighted by molar-refractivity contribution is 5.58. The van der Waals surface area contributed by atoms with Gasteiger partial charge in [-0.2, -0.15) is 10.2 Å². The zero-order valence-corrected chi connectivity index (χ0v) is 9.23. The highest BCUT2D eigenvalue weighted by Crippen LogP contribution is 2.19. The van der Waals surface area contributed by atoms with E-state index >= 15 is 0 Å². The summed E-state index contributed by atoms with van der Waals surface area (Å²) in [6.07, 6.45) is 0. The van der Waals surface area contributed by atoms with Crippen molar-refractivity contribution in [3.8, 4) is 11.4 Å². The molecule has 2 N–H and O–H groups in total. The molecule has 0 spiro atoms. The number of hydrogen-bond acceptors (Lipinski definition) is 3. The van der Waals surface area contributed by atoms with E-state index in [4.69, 9.17) is 5.73 Å². The third kappa shape index (κ3) is 1.60. The number of rotatable bonds is 2. The van der Waals surface area contributed by atoms with E-state index in [1.807, 2.05) is 30.8 Å². The van der Waals surface area contributed by atoms with Crippen molar-refractivity contribution in [2.45, 2.75) is 20.4 Å². The minimum atomic E-state index is 0.647. The van der Waals surface area contributed by atoms with E-state index < -0.39 is 0 Å². The molecule has 2 aromatic rings. The summed E-state index contributed by atoms with van der Waals surface area (Å²) in [6.45, 7) is 4.97. The average molecular weight is 205 g/mol. The molecule has 2 heterocycles. The van der Waals surface area contributed by atoms with Gasteiger partial charge in [-0.05, 0) is 19.9 Å². The Balaban J connectivity index is 2.45. The number of aromatic nitrogens is 4. The highest BCUT2D eigenvalue weighted by Gasteiger charge is 2.09. The Labute approximate surface area is 88.5 Å². The van der Waals surface area contributed by atoms with Crippen molar-refractivity contribution >= 4 is 5.82 Å². The van der Waals surface area contributed by atoms with Gasteiger partial charge >= 0.3 is 0 Å². The van der Waals surface area contributed by atoms with Crippen LogP contribution in [-0.2, 0) is 13.6 Å². The van der Waals surface area contributed by atoms with Crippen molar-refractivity contribution in [3.05, 3.63) is 17.8 Å². The third-order valence-electron chi connectivity index (χ3n) is 2.46. The maximum absolute atomic E-state index is 5.72. The first-order valence-electron chi connectivity index (χ1n) is 4.96. The van der Waals surface area contributed by atoms with E-state index in [9.17, 15) is 0 Å².